The summed E-state index contributed by atoms with van der Waals surface area (Å²) in [6.07, 6.45) is 0. The van der Waals surface area contributed by atoms with Crippen molar-refractivity contribution in [2.75, 3.05) is 12.3 Å². The number of aliphatic hydroxyl groups is 1. The van der Waals surface area contributed by atoms with E-state index in [1.165, 1.54) is 11.3 Å². The number of nitrogen functional groups attached to an aromatic ring is 1. The molecule has 5 heteroatoms. The molecule has 2 rings (SSSR count). The predicted molar refractivity (Wildman–Crippen MR) is 84.2 cm³/mol. The second-order valence-corrected chi connectivity index (χ2v) is 6.32. The van der Waals surface area contributed by atoms with E-state index in [2.05, 4.69) is 5.32 Å². The maximum absolute atomic E-state index is 12.3. The Bertz CT molecular complexity index is 634. The van der Waals surface area contributed by atoms with E-state index < -0.39 is 0 Å². The Hall–Kier alpha value is -1.59. The molecule has 0 spiro atoms. The molecule has 1 aromatic carbocycles. The standard InChI is InChI=1S/C15H20N2O2S/c1-8(2)11(7-18)17-15(19)14-12(16)10-6-4-5-9(3)13(10)20-14/h4-6,8,11,18H,7,16H2,1-3H3,(H,17,19). The van der Waals surface area contributed by atoms with Crippen molar-refractivity contribution in [3.05, 3.63) is 28.6 Å². The third kappa shape index (κ3) is 2.64. The van der Waals surface area contributed by atoms with Gasteiger partial charge in [0.05, 0.1) is 18.3 Å². The summed E-state index contributed by atoms with van der Waals surface area (Å²) in [6.45, 7) is 5.84. The molecule has 108 valence electrons. The first-order valence-electron chi connectivity index (χ1n) is 6.65. The molecule has 1 atom stereocenters. The van der Waals surface area contributed by atoms with Gasteiger partial charge < -0.3 is 16.2 Å². The number of fused-ring (bicyclic) bond motifs is 1. The number of anilines is 1. The van der Waals surface area contributed by atoms with Crippen molar-refractivity contribution in [2.24, 2.45) is 5.92 Å². The second-order valence-electron chi connectivity index (χ2n) is 5.30. The summed E-state index contributed by atoms with van der Waals surface area (Å²) in [5.74, 6) is -0.0443. The van der Waals surface area contributed by atoms with Gasteiger partial charge in [0, 0.05) is 10.1 Å². The highest BCUT2D eigenvalue weighted by Crippen LogP contribution is 2.35. The number of hydrogen-bond acceptors (Lipinski definition) is 4. The Kier molecular flexibility index (Phi) is 4.30. The summed E-state index contributed by atoms with van der Waals surface area (Å²) < 4.78 is 1.04. The summed E-state index contributed by atoms with van der Waals surface area (Å²) in [5.41, 5.74) is 7.72. The molecule has 1 unspecified atom stereocenters. The first kappa shape index (κ1) is 14.8. The van der Waals surface area contributed by atoms with Crippen molar-refractivity contribution < 1.29 is 9.90 Å². The van der Waals surface area contributed by atoms with Gasteiger partial charge in [-0.3, -0.25) is 4.79 Å². The quantitative estimate of drug-likeness (QED) is 0.810. The molecule has 0 aliphatic heterocycles. The van der Waals surface area contributed by atoms with Crippen LogP contribution < -0.4 is 11.1 Å². The molecule has 1 amide bonds. The lowest BCUT2D eigenvalue weighted by atomic mass is 10.1. The van der Waals surface area contributed by atoms with Crippen molar-refractivity contribution in [1.29, 1.82) is 0 Å². The summed E-state index contributed by atoms with van der Waals surface area (Å²) in [5, 5.41) is 13.1. The summed E-state index contributed by atoms with van der Waals surface area (Å²) >= 11 is 1.40. The zero-order valence-corrected chi connectivity index (χ0v) is 12.8. The largest absolute Gasteiger partial charge is 0.397 e. The van der Waals surface area contributed by atoms with Gasteiger partial charge in [0.1, 0.15) is 4.88 Å². The highest BCUT2D eigenvalue weighted by molar-refractivity contribution is 7.21. The van der Waals surface area contributed by atoms with E-state index in [0.29, 0.717) is 10.6 Å². The number of nitrogens with one attached hydrogen (secondary N) is 1. The Morgan fingerprint density at radius 1 is 1.45 bits per heavy atom. The van der Waals surface area contributed by atoms with Gasteiger partial charge in [0.15, 0.2) is 0 Å². The number of benzene rings is 1. The maximum Gasteiger partial charge on any atom is 0.263 e. The van der Waals surface area contributed by atoms with Crippen molar-refractivity contribution in [1.82, 2.24) is 5.32 Å². The SMILES string of the molecule is Cc1cccc2c(N)c(C(=O)NC(CO)C(C)C)sc12. The van der Waals surface area contributed by atoms with Crippen LogP contribution in [0.15, 0.2) is 18.2 Å². The number of thiophene rings is 1. The van der Waals surface area contributed by atoms with Gasteiger partial charge in [-0.2, -0.15) is 0 Å². The van der Waals surface area contributed by atoms with E-state index >= 15 is 0 Å². The number of carbonyl (C=O) groups excluding carboxylic acids is 1. The maximum atomic E-state index is 12.3. The zero-order chi connectivity index (χ0) is 14.9. The molecule has 0 saturated carbocycles. The molecular weight excluding hydrogens is 272 g/mol. The zero-order valence-electron chi connectivity index (χ0n) is 11.9. The van der Waals surface area contributed by atoms with Crippen LogP contribution in [0, 0.1) is 12.8 Å². The molecule has 0 saturated heterocycles. The number of carbonyl (C=O) groups is 1. The Labute approximate surface area is 122 Å². The molecule has 0 fully saturated rings. The predicted octanol–water partition coefficient (Wildman–Crippen LogP) is 2.54. The Morgan fingerprint density at radius 3 is 2.70 bits per heavy atom. The first-order chi connectivity index (χ1) is 9.45. The normalized spacial score (nSPS) is 12.8. The average Bonchev–Trinajstić information content (AvgIpc) is 2.75. The second kappa shape index (κ2) is 5.81. The van der Waals surface area contributed by atoms with E-state index in [-0.39, 0.29) is 24.5 Å². The smallest absolute Gasteiger partial charge is 0.263 e. The minimum Gasteiger partial charge on any atom is -0.397 e. The van der Waals surface area contributed by atoms with E-state index in [9.17, 15) is 9.90 Å². The van der Waals surface area contributed by atoms with Crippen molar-refractivity contribution in [2.45, 2.75) is 26.8 Å². The average molecular weight is 292 g/mol. The summed E-state index contributed by atoms with van der Waals surface area (Å²) in [6, 6.07) is 5.61. The van der Waals surface area contributed by atoms with Gasteiger partial charge in [-0.05, 0) is 18.4 Å². The fourth-order valence-electron chi connectivity index (χ4n) is 2.11. The topological polar surface area (TPSA) is 75.4 Å². The molecule has 2 aromatic rings. The molecule has 0 aliphatic carbocycles. The molecular formula is C15H20N2O2S. The van der Waals surface area contributed by atoms with Crippen LogP contribution in [0.3, 0.4) is 0 Å². The molecule has 20 heavy (non-hydrogen) atoms. The number of aryl methyl sites for hydroxylation is 1. The highest BCUT2D eigenvalue weighted by atomic mass is 32.1. The van der Waals surface area contributed by atoms with Crippen molar-refractivity contribution in [3.8, 4) is 0 Å². The lowest BCUT2D eigenvalue weighted by Crippen LogP contribution is -2.41. The third-order valence-corrected chi connectivity index (χ3v) is 4.83. The monoisotopic (exact) mass is 292 g/mol. The third-order valence-electron chi connectivity index (χ3n) is 3.47. The van der Waals surface area contributed by atoms with Crippen molar-refractivity contribution in [3.63, 3.8) is 0 Å². The van der Waals surface area contributed by atoms with E-state index in [4.69, 9.17) is 5.73 Å². The van der Waals surface area contributed by atoms with E-state index in [0.717, 1.165) is 15.6 Å². The number of amides is 1. The molecule has 4 nitrogen and oxygen atoms in total. The summed E-state index contributed by atoms with van der Waals surface area (Å²) in [4.78, 5) is 12.9. The number of aliphatic hydroxyl groups excluding tert-OH is 1. The fraction of sp³-hybridized carbons (Fsp3) is 0.400. The van der Waals surface area contributed by atoms with Gasteiger partial charge in [0.25, 0.3) is 5.91 Å². The summed E-state index contributed by atoms with van der Waals surface area (Å²) in [7, 11) is 0. The van der Waals surface area contributed by atoms with Crippen LogP contribution in [0.1, 0.15) is 29.1 Å². The number of hydrogen-bond donors (Lipinski definition) is 3. The van der Waals surface area contributed by atoms with Gasteiger partial charge >= 0.3 is 0 Å². The molecule has 0 aliphatic rings. The highest BCUT2D eigenvalue weighted by Gasteiger charge is 2.21. The number of rotatable bonds is 4. The van der Waals surface area contributed by atoms with Crippen LogP contribution in [0.25, 0.3) is 10.1 Å². The van der Waals surface area contributed by atoms with Crippen LogP contribution in [0.2, 0.25) is 0 Å². The molecule has 0 bridgehead atoms. The van der Waals surface area contributed by atoms with E-state index in [1.807, 2.05) is 39.0 Å². The van der Waals surface area contributed by atoms with E-state index in [1.54, 1.807) is 0 Å². The van der Waals surface area contributed by atoms with Crippen LogP contribution in [-0.4, -0.2) is 23.7 Å². The lowest BCUT2D eigenvalue weighted by molar-refractivity contribution is 0.0902. The van der Waals surface area contributed by atoms with Crippen molar-refractivity contribution >= 4 is 33.0 Å². The van der Waals surface area contributed by atoms with Crippen LogP contribution >= 0.6 is 11.3 Å². The number of nitrogens with two attached hydrogens (primary N) is 1. The lowest BCUT2D eigenvalue weighted by Gasteiger charge is -2.19. The molecule has 0 radical (unpaired) electrons. The fourth-order valence-corrected chi connectivity index (χ4v) is 3.20. The van der Waals surface area contributed by atoms with Gasteiger partial charge in [0.2, 0.25) is 0 Å². The minimum absolute atomic E-state index is 0.0762. The minimum atomic E-state index is -0.256. The van der Waals surface area contributed by atoms with Crippen LogP contribution in [0.5, 0.6) is 0 Å². The molecule has 1 aromatic heterocycles. The Balaban J connectivity index is 2.36. The van der Waals surface area contributed by atoms with Crippen LogP contribution in [-0.2, 0) is 0 Å². The van der Waals surface area contributed by atoms with Crippen LogP contribution in [0.4, 0.5) is 5.69 Å². The first-order valence-corrected chi connectivity index (χ1v) is 7.46. The molecule has 1 heterocycles. The van der Waals surface area contributed by atoms with Gasteiger partial charge in [-0.25, -0.2) is 0 Å². The Morgan fingerprint density at radius 2 is 2.15 bits per heavy atom. The van der Waals surface area contributed by atoms with Gasteiger partial charge in [-0.15, -0.1) is 11.3 Å². The van der Waals surface area contributed by atoms with Gasteiger partial charge in [-0.1, -0.05) is 32.0 Å². The molecule has 4 N–H and O–H groups in total.